The number of aryl methyl sites for hydroxylation is 1. The summed E-state index contributed by atoms with van der Waals surface area (Å²) in [5, 5.41) is 29.3. The van der Waals surface area contributed by atoms with Gasteiger partial charge in [0.2, 0.25) is 6.79 Å². The van der Waals surface area contributed by atoms with Crippen molar-refractivity contribution < 1.29 is 47.9 Å². The lowest BCUT2D eigenvalue weighted by molar-refractivity contribution is -0.196. The number of para-hydroxylation sites is 1. The molecule has 1 aromatic heterocycles. The summed E-state index contributed by atoms with van der Waals surface area (Å²) in [6, 6.07) is 7.76. The van der Waals surface area contributed by atoms with Gasteiger partial charge < -0.3 is 44.0 Å². The molecule has 0 saturated carbocycles. The number of methoxy groups -OCH3 is 1. The van der Waals surface area contributed by atoms with E-state index < -0.39 is 52.1 Å². The SMILES string of the molecule is COc1c(C)cc2c(c1O)C1[C@@H]3[C@@H]4SC[C@]5(N[C@H](CN)Cc6c5oc5ccccc65)C(=O)OC[C@@H](c5c6c(c(C)c(OC(C)=O)c54)OCO6)N3C3(O)CN1C2(C)C3. The summed E-state index contributed by atoms with van der Waals surface area (Å²) in [5.41, 5.74) is 8.85. The molecular formula is C42H44N4O10S. The van der Waals surface area contributed by atoms with Crippen LogP contribution in [-0.4, -0.2) is 89.1 Å². The third-order valence-electron chi connectivity index (χ3n) is 13.8. The molecular weight excluding hydrogens is 753 g/mol. The normalized spacial score (nSPS) is 33.2. The molecule has 298 valence electrons. The zero-order chi connectivity index (χ0) is 39.5. The molecule has 57 heavy (non-hydrogen) atoms. The van der Waals surface area contributed by atoms with E-state index >= 15 is 4.79 Å². The number of carbonyl (C=O) groups excluding carboxylic acids is 2. The minimum atomic E-state index is -1.45. The highest BCUT2D eigenvalue weighted by molar-refractivity contribution is 7.99. The van der Waals surface area contributed by atoms with Crippen molar-refractivity contribution in [3.05, 3.63) is 75.0 Å². The van der Waals surface area contributed by atoms with Crippen LogP contribution < -0.4 is 30.0 Å². The minimum absolute atomic E-state index is 0.0542. The number of benzene rings is 3. The van der Waals surface area contributed by atoms with Gasteiger partial charge in [0, 0.05) is 83.0 Å². The van der Waals surface area contributed by atoms with E-state index in [0.717, 1.165) is 27.6 Å². The van der Waals surface area contributed by atoms with Gasteiger partial charge in [-0.2, -0.15) is 0 Å². The predicted molar refractivity (Wildman–Crippen MR) is 206 cm³/mol. The largest absolute Gasteiger partial charge is 0.504 e. The average molecular weight is 797 g/mol. The number of ether oxygens (including phenoxy) is 5. The van der Waals surface area contributed by atoms with E-state index in [-0.39, 0.29) is 44.0 Å². The number of rotatable bonds is 3. The van der Waals surface area contributed by atoms with Crippen molar-refractivity contribution in [1.82, 2.24) is 15.1 Å². The number of nitrogens with one attached hydrogen (secondary N) is 1. The predicted octanol–water partition coefficient (Wildman–Crippen LogP) is 4.22. The van der Waals surface area contributed by atoms with E-state index in [1.165, 1.54) is 18.7 Å². The number of piperazine rings is 1. The van der Waals surface area contributed by atoms with Crippen LogP contribution in [-0.2, 0) is 31.8 Å². The molecule has 12 rings (SSSR count). The Balaban J connectivity index is 1.19. The zero-order valence-electron chi connectivity index (χ0n) is 32.3. The Hall–Kier alpha value is -4.51. The maximum absolute atomic E-state index is 15.0. The fraction of sp³-hybridized carbons (Fsp3) is 0.476. The maximum Gasteiger partial charge on any atom is 0.335 e. The van der Waals surface area contributed by atoms with Crippen molar-refractivity contribution in [3.8, 4) is 28.7 Å². The Labute approximate surface area is 332 Å². The lowest BCUT2D eigenvalue weighted by Gasteiger charge is -2.59. The summed E-state index contributed by atoms with van der Waals surface area (Å²) in [4.78, 5) is 32.5. The number of aliphatic hydroxyl groups is 1. The number of carbonyl (C=O) groups is 2. The van der Waals surface area contributed by atoms with Gasteiger partial charge in [0.25, 0.3) is 0 Å². The molecule has 8 atom stereocenters. The molecule has 8 aliphatic heterocycles. The third-order valence-corrected chi connectivity index (χ3v) is 15.2. The summed E-state index contributed by atoms with van der Waals surface area (Å²) in [6.45, 7) is 7.55. The number of phenolic OH excluding ortho intramolecular Hbond substituents is 1. The first-order chi connectivity index (χ1) is 27.3. The molecule has 3 unspecified atom stereocenters. The fourth-order valence-electron chi connectivity index (χ4n) is 11.7. The number of fused-ring (bicyclic) bond motifs is 11. The molecule has 3 aromatic carbocycles. The number of hydrogen-bond acceptors (Lipinski definition) is 15. The van der Waals surface area contributed by atoms with Crippen LogP contribution in [0.4, 0.5) is 0 Å². The van der Waals surface area contributed by atoms with E-state index in [1.54, 1.807) is 7.11 Å². The van der Waals surface area contributed by atoms with Crippen molar-refractivity contribution in [2.75, 3.05) is 39.4 Å². The Kier molecular flexibility index (Phi) is 7.37. The van der Waals surface area contributed by atoms with Gasteiger partial charge in [-0.05, 0) is 50.5 Å². The summed E-state index contributed by atoms with van der Waals surface area (Å²) in [7, 11) is 1.55. The summed E-state index contributed by atoms with van der Waals surface area (Å²) in [6.07, 6.45) is 0.879. The van der Waals surface area contributed by atoms with Gasteiger partial charge in [-0.3, -0.25) is 19.9 Å². The number of hydrogen-bond donors (Lipinski definition) is 4. The highest BCUT2D eigenvalue weighted by atomic mass is 32.2. The smallest absolute Gasteiger partial charge is 0.335 e. The first-order valence-corrected chi connectivity index (χ1v) is 20.5. The van der Waals surface area contributed by atoms with Crippen LogP contribution >= 0.6 is 11.8 Å². The monoisotopic (exact) mass is 796 g/mol. The highest BCUT2D eigenvalue weighted by Crippen LogP contribution is 2.71. The molecule has 3 saturated heterocycles. The Morgan fingerprint density at radius 2 is 1.91 bits per heavy atom. The van der Waals surface area contributed by atoms with Crippen molar-refractivity contribution in [1.29, 1.82) is 0 Å². The summed E-state index contributed by atoms with van der Waals surface area (Å²) in [5.74, 6) is 1.30. The first-order valence-electron chi connectivity index (χ1n) is 19.5. The second-order valence-corrected chi connectivity index (χ2v) is 17.9. The van der Waals surface area contributed by atoms with Crippen LogP contribution in [0, 0.1) is 13.8 Å². The molecule has 5 N–H and O–H groups in total. The molecule has 14 nitrogen and oxygen atoms in total. The van der Waals surface area contributed by atoms with Gasteiger partial charge in [-0.15, -0.1) is 11.8 Å². The molecule has 8 aliphatic rings. The first kappa shape index (κ1) is 35.6. The van der Waals surface area contributed by atoms with Crippen LogP contribution in [0.3, 0.4) is 0 Å². The molecule has 1 spiro atoms. The van der Waals surface area contributed by atoms with Gasteiger partial charge in [-0.1, -0.05) is 18.2 Å². The van der Waals surface area contributed by atoms with Crippen molar-refractivity contribution in [2.24, 2.45) is 5.73 Å². The molecule has 0 amide bonds. The van der Waals surface area contributed by atoms with Crippen LogP contribution in [0.5, 0.6) is 28.7 Å². The Bertz CT molecular complexity index is 2470. The standard InChI is InChI=1S/C42H44N4O10S/c1-18-10-24-27(32(48)33(18)51-5)30-31-37-29-28(36-35(53-17-54-36)19(2)34(29)55-20(3)47)25(46(31)41(50)14-40(24,4)45(30)15-41)13-52-39(49)42(16-57-37)38-23(11-21(12-43)44-42)22-8-6-7-9-26(22)56-38/h6-10,21,25,30-31,37,44,48,50H,11-17,43H2,1-5H3/t21-,25-,30?,31+,37+,40?,41?,42+/m0/s1. The zero-order valence-corrected chi connectivity index (χ0v) is 33.1. The topological polar surface area (TPSA) is 178 Å². The third kappa shape index (κ3) is 4.39. The van der Waals surface area contributed by atoms with E-state index in [2.05, 4.69) is 28.1 Å². The molecule has 9 heterocycles. The molecule has 15 heteroatoms. The number of nitrogens with zero attached hydrogens (tertiary/aromatic N) is 2. The minimum Gasteiger partial charge on any atom is -0.504 e. The van der Waals surface area contributed by atoms with Crippen molar-refractivity contribution >= 4 is 34.7 Å². The number of thioether (sulfide) groups is 1. The average Bonchev–Trinajstić information content (AvgIpc) is 3.93. The van der Waals surface area contributed by atoms with Crippen LogP contribution in [0.2, 0.25) is 0 Å². The molecule has 3 fully saturated rings. The fourth-order valence-corrected chi connectivity index (χ4v) is 13.3. The maximum atomic E-state index is 15.0. The van der Waals surface area contributed by atoms with Gasteiger partial charge in [-0.25, -0.2) is 4.79 Å². The number of esters is 2. The number of furan rings is 1. The van der Waals surface area contributed by atoms with Gasteiger partial charge >= 0.3 is 11.9 Å². The highest BCUT2D eigenvalue weighted by Gasteiger charge is 2.72. The van der Waals surface area contributed by atoms with Crippen LogP contribution in [0.25, 0.3) is 11.0 Å². The van der Waals surface area contributed by atoms with E-state index in [4.69, 9.17) is 33.8 Å². The lowest BCUT2D eigenvalue weighted by atomic mass is 9.75. The summed E-state index contributed by atoms with van der Waals surface area (Å²) < 4.78 is 37.5. The molecule has 0 radical (unpaired) electrons. The van der Waals surface area contributed by atoms with Crippen molar-refractivity contribution in [3.63, 3.8) is 0 Å². The van der Waals surface area contributed by atoms with Crippen molar-refractivity contribution in [2.45, 2.75) is 86.8 Å². The summed E-state index contributed by atoms with van der Waals surface area (Å²) >= 11 is 1.49. The van der Waals surface area contributed by atoms with E-state index in [9.17, 15) is 15.0 Å². The number of aromatic hydroxyl groups is 1. The molecule has 4 aromatic rings. The Morgan fingerprint density at radius 3 is 2.68 bits per heavy atom. The van der Waals surface area contributed by atoms with Crippen LogP contribution in [0.15, 0.2) is 34.7 Å². The molecule has 4 bridgehead atoms. The second kappa shape index (κ2) is 11.8. The van der Waals surface area contributed by atoms with E-state index in [1.807, 2.05) is 38.1 Å². The number of nitrogens with two attached hydrogens (primary N) is 1. The lowest BCUT2D eigenvalue weighted by Crippen LogP contribution is -2.67. The quantitative estimate of drug-likeness (QED) is 0.171. The Morgan fingerprint density at radius 1 is 1.12 bits per heavy atom. The molecule has 0 aliphatic carbocycles. The second-order valence-electron chi connectivity index (χ2n) is 16.8. The number of phenols is 1. The van der Waals surface area contributed by atoms with E-state index in [0.29, 0.717) is 63.9 Å². The van der Waals surface area contributed by atoms with Crippen LogP contribution in [0.1, 0.15) is 82.3 Å². The van der Waals surface area contributed by atoms with Gasteiger partial charge in [0.15, 0.2) is 28.5 Å². The van der Waals surface area contributed by atoms with Gasteiger partial charge in [0.05, 0.1) is 24.4 Å². The van der Waals surface area contributed by atoms with Gasteiger partial charge in [0.1, 0.15) is 29.4 Å².